The Morgan fingerprint density at radius 2 is 2.10 bits per heavy atom. The van der Waals surface area contributed by atoms with Crippen molar-refractivity contribution in [1.29, 1.82) is 0 Å². The van der Waals surface area contributed by atoms with Crippen LogP contribution in [0.5, 0.6) is 0 Å². The lowest BCUT2D eigenvalue weighted by Crippen LogP contribution is -2.26. The zero-order valence-electron chi connectivity index (χ0n) is 11.1. The van der Waals surface area contributed by atoms with Crippen LogP contribution in [0.3, 0.4) is 0 Å². The molecule has 0 aliphatic carbocycles. The van der Waals surface area contributed by atoms with Crippen molar-refractivity contribution in [2.75, 3.05) is 12.8 Å². The fourth-order valence-electron chi connectivity index (χ4n) is 1.80. The molecule has 2 N–H and O–H groups in total. The predicted molar refractivity (Wildman–Crippen MR) is 78.5 cm³/mol. The van der Waals surface area contributed by atoms with E-state index in [0.29, 0.717) is 0 Å². The van der Waals surface area contributed by atoms with Crippen molar-refractivity contribution < 1.29 is 12.8 Å². The van der Waals surface area contributed by atoms with Crippen molar-refractivity contribution in [1.82, 2.24) is 4.31 Å². The average molecular weight is 314 g/mol. The molecule has 0 atom stereocenters. The molecule has 0 fully saturated rings. The van der Waals surface area contributed by atoms with Crippen LogP contribution in [-0.2, 0) is 16.6 Å². The normalized spacial score (nSPS) is 12.0. The van der Waals surface area contributed by atoms with Crippen LogP contribution < -0.4 is 5.73 Å². The van der Waals surface area contributed by atoms with Gasteiger partial charge in [0.15, 0.2) is 0 Å². The van der Waals surface area contributed by atoms with Gasteiger partial charge in [0.05, 0.1) is 10.6 Å². The topological polar surface area (TPSA) is 63.4 Å². The van der Waals surface area contributed by atoms with E-state index in [4.69, 9.17) is 5.73 Å². The SMILES string of the molecule is Cc1cc(S(=O)(=O)N(C)Cc2cccs2)cc(N)c1F. The van der Waals surface area contributed by atoms with Gasteiger partial charge in [0, 0.05) is 18.5 Å². The van der Waals surface area contributed by atoms with Gasteiger partial charge in [-0.2, -0.15) is 4.31 Å². The van der Waals surface area contributed by atoms with Gasteiger partial charge >= 0.3 is 0 Å². The molecule has 108 valence electrons. The van der Waals surface area contributed by atoms with Gasteiger partial charge in [-0.3, -0.25) is 0 Å². The Morgan fingerprint density at radius 3 is 2.65 bits per heavy atom. The molecule has 1 aromatic carbocycles. The van der Waals surface area contributed by atoms with Gasteiger partial charge < -0.3 is 5.73 Å². The number of aryl methyl sites for hydroxylation is 1. The van der Waals surface area contributed by atoms with Crippen LogP contribution in [0.4, 0.5) is 10.1 Å². The number of nitrogen functional groups attached to an aromatic ring is 1. The highest BCUT2D eigenvalue weighted by Gasteiger charge is 2.23. The zero-order valence-corrected chi connectivity index (χ0v) is 12.8. The van der Waals surface area contributed by atoms with Gasteiger partial charge in [0.25, 0.3) is 0 Å². The second-order valence-electron chi connectivity index (χ2n) is 4.48. The smallest absolute Gasteiger partial charge is 0.243 e. The number of rotatable bonds is 4. The monoisotopic (exact) mass is 314 g/mol. The molecule has 1 aromatic heterocycles. The Labute approximate surface area is 121 Å². The molecule has 0 aliphatic rings. The van der Waals surface area contributed by atoms with Crippen molar-refractivity contribution in [2.24, 2.45) is 0 Å². The van der Waals surface area contributed by atoms with E-state index in [1.807, 2.05) is 17.5 Å². The van der Waals surface area contributed by atoms with E-state index in [9.17, 15) is 12.8 Å². The van der Waals surface area contributed by atoms with E-state index in [2.05, 4.69) is 0 Å². The maximum absolute atomic E-state index is 13.5. The molecule has 0 amide bonds. The van der Waals surface area contributed by atoms with Crippen LogP contribution in [0, 0.1) is 12.7 Å². The lowest BCUT2D eigenvalue weighted by atomic mass is 10.2. The first-order chi connectivity index (χ1) is 9.32. The van der Waals surface area contributed by atoms with E-state index in [-0.39, 0.29) is 22.7 Å². The van der Waals surface area contributed by atoms with Gasteiger partial charge in [0.1, 0.15) is 5.82 Å². The minimum Gasteiger partial charge on any atom is -0.396 e. The number of hydrogen-bond donors (Lipinski definition) is 1. The van der Waals surface area contributed by atoms with Gasteiger partial charge in [0.2, 0.25) is 10.0 Å². The molecule has 0 bridgehead atoms. The molecule has 2 aromatic rings. The minimum absolute atomic E-state index is 0.00737. The summed E-state index contributed by atoms with van der Waals surface area (Å²) in [6, 6.07) is 6.18. The quantitative estimate of drug-likeness (QED) is 0.882. The summed E-state index contributed by atoms with van der Waals surface area (Å²) in [5.41, 5.74) is 5.56. The fraction of sp³-hybridized carbons (Fsp3) is 0.231. The highest BCUT2D eigenvalue weighted by molar-refractivity contribution is 7.89. The summed E-state index contributed by atoms with van der Waals surface area (Å²) in [6.07, 6.45) is 0. The molecule has 0 unspecified atom stereocenters. The van der Waals surface area contributed by atoms with Crippen LogP contribution in [0.1, 0.15) is 10.4 Å². The molecule has 20 heavy (non-hydrogen) atoms. The molecule has 4 nitrogen and oxygen atoms in total. The van der Waals surface area contributed by atoms with Gasteiger partial charge in [-0.15, -0.1) is 11.3 Å². The zero-order chi connectivity index (χ0) is 14.9. The van der Waals surface area contributed by atoms with E-state index >= 15 is 0 Å². The van der Waals surface area contributed by atoms with Gasteiger partial charge in [-0.25, -0.2) is 12.8 Å². The molecule has 0 saturated carbocycles. The van der Waals surface area contributed by atoms with E-state index in [0.717, 1.165) is 10.9 Å². The Hall–Kier alpha value is -1.44. The summed E-state index contributed by atoms with van der Waals surface area (Å²) in [6.45, 7) is 1.76. The largest absolute Gasteiger partial charge is 0.396 e. The number of nitrogens with zero attached hydrogens (tertiary/aromatic N) is 1. The third-order valence-electron chi connectivity index (χ3n) is 2.92. The molecule has 0 aliphatic heterocycles. The van der Waals surface area contributed by atoms with Crippen molar-refractivity contribution in [3.05, 3.63) is 45.9 Å². The molecular weight excluding hydrogens is 299 g/mol. The number of anilines is 1. The van der Waals surface area contributed by atoms with Crippen molar-refractivity contribution in [3.8, 4) is 0 Å². The van der Waals surface area contributed by atoms with Crippen LogP contribution in [0.25, 0.3) is 0 Å². The molecule has 0 saturated heterocycles. The van der Waals surface area contributed by atoms with Crippen molar-refractivity contribution in [2.45, 2.75) is 18.4 Å². The Morgan fingerprint density at radius 1 is 1.40 bits per heavy atom. The number of sulfonamides is 1. The maximum atomic E-state index is 13.5. The second-order valence-corrected chi connectivity index (χ2v) is 7.56. The highest BCUT2D eigenvalue weighted by atomic mass is 32.2. The van der Waals surface area contributed by atoms with Crippen LogP contribution in [0.15, 0.2) is 34.5 Å². The molecule has 0 radical (unpaired) electrons. The molecular formula is C13H15FN2O2S2. The van der Waals surface area contributed by atoms with Gasteiger partial charge in [-0.05, 0) is 36.1 Å². The highest BCUT2D eigenvalue weighted by Crippen LogP contribution is 2.24. The average Bonchev–Trinajstić information content (AvgIpc) is 2.88. The molecule has 2 rings (SSSR count). The predicted octanol–water partition coefficient (Wildman–Crippen LogP) is 2.60. The van der Waals surface area contributed by atoms with E-state index in [1.165, 1.54) is 35.7 Å². The number of hydrogen-bond acceptors (Lipinski definition) is 4. The number of nitrogens with two attached hydrogens (primary N) is 1. The first kappa shape index (κ1) is 15.0. The molecule has 1 heterocycles. The van der Waals surface area contributed by atoms with E-state index < -0.39 is 15.8 Å². The summed E-state index contributed by atoms with van der Waals surface area (Å²) in [4.78, 5) is 0.941. The van der Waals surface area contributed by atoms with Crippen molar-refractivity contribution in [3.63, 3.8) is 0 Å². The summed E-state index contributed by atoms with van der Waals surface area (Å²) >= 11 is 1.48. The summed E-state index contributed by atoms with van der Waals surface area (Å²) in [7, 11) is -2.19. The Kier molecular flexibility index (Phi) is 4.12. The Balaban J connectivity index is 2.35. The second kappa shape index (κ2) is 5.51. The fourth-order valence-corrected chi connectivity index (χ4v) is 3.91. The summed E-state index contributed by atoms with van der Waals surface area (Å²) < 4.78 is 39.6. The lowest BCUT2D eigenvalue weighted by molar-refractivity contribution is 0.469. The minimum atomic E-state index is -3.68. The molecule has 0 spiro atoms. The number of benzene rings is 1. The first-order valence-corrected chi connectivity index (χ1v) is 8.18. The van der Waals surface area contributed by atoms with Crippen LogP contribution in [-0.4, -0.2) is 19.8 Å². The van der Waals surface area contributed by atoms with E-state index in [1.54, 1.807) is 0 Å². The van der Waals surface area contributed by atoms with Crippen LogP contribution >= 0.6 is 11.3 Å². The standard InChI is InChI=1S/C13H15FN2O2S2/c1-9-6-11(7-12(15)13(9)14)20(17,18)16(2)8-10-4-3-5-19-10/h3-7H,8,15H2,1-2H3. The third kappa shape index (κ3) is 2.84. The first-order valence-electron chi connectivity index (χ1n) is 5.86. The molecule has 7 heteroatoms. The number of thiophene rings is 1. The number of halogens is 1. The van der Waals surface area contributed by atoms with Gasteiger partial charge in [-0.1, -0.05) is 6.07 Å². The summed E-state index contributed by atoms with van der Waals surface area (Å²) in [5, 5.41) is 1.88. The van der Waals surface area contributed by atoms with Crippen LogP contribution in [0.2, 0.25) is 0 Å². The lowest BCUT2D eigenvalue weighted by Gasteiger charge is -2.17. The Bertz CT molecular complexity index is 689. The maximum Gasteiger partial charge on any atom is 0.243 e. The van der Waals surface area contributed by atoms with Crippen molar-refractivity contribution >= 4 is 27.0 Å². The summed E-state index contributed by atoms with van der Waals surface area (Å²) in [5.74, 6) is -0.579. The third-order valence-corrected chi connectivity index (χ3v) is 5.57.